The Balaban J connectivity index is 0. The Morgan fingerprint density at radius 2 is 1.88 bits per heavy atom. The van der Waals surface area contributed by atoms with E-state index in [-0.39, 0.29) is 4.70 Å². The van der Waals surface area contributed by atoms with Gasteiger partial charge in [0.25, 0.3) is 0 Å². The predicted octanol–water partition coefficient (Wildman–Crippen LogP) is 0.874. The largest absolute Gasteiger partial charge is 0.269 e. The molecule has 0 unspecified atom stereocenters. The van der Waals surface area contributed by atoms with Gasteiger partial charge in [0, 0.05) is 6.72 Å². The molecule has 0 amide bonds. The Morgan fingerprint density at radius 1 is 1.38 bits per heavy atom. The number of rotatable bonds is 1. The summed E-state index contributed by atoms with van der Waals surface area (Å²) in [6, 6.07) is 0. The first kappa shape index (κ1) is 10.0. The van der Waals surface area contributed by atoms with Gasteiger partial charge in [0.2, 0.25) is 0 Å². The fourth-order valence-corrected chi connectivity index (χ4v) is 0.134. The molecule has 0 atom stereocenters. The van der Waals surface area contributed by atoms with Crippen molar-refractivity contribution in [2.24, 2.45) is 15.2 Å². The van der Waals surface area contributed by atoms with Gasteiger partial charge in [-0.2, -0.15) is 5.10 Å². The summed E-state index contributed by atoms with van der Waals surface area (Å²) in [5.74, 6) is 0.537. The Hall–Kier alpha value is -1.06. The first-order chi connectivity index (χ1) is 3.31. The van der Waals surface area contributed by atoms with Crippen molar-refractivity contribution >= 4 is 19.3 Å². The lowest BCUT2D eigenvalue weighted by molar-refractivity contribution is 1.11. The summed E-state index contributed by atoms with van der Waals surface area (Å²) in [5.41, 5.74) is 0. The van der Waals surface area contributed by atoms with E-state index in [1.807, 2.05) is 0 Å². The van der Waals surface area contributed by atoms with E-state index in [1.54, 1.807) is 6.92 Å². The maximum absolute atomic E-state index is 3.44. The summed E-state index contributed by atoms with van der Waals surface area (Å²) in [5, 5.41) is 6.66. The molecule has 46 valence electrons. The molecule has 0 rings (SSSR count). The van der Waals surface area contributed by atoms with E-state index in [9.17, 15) is 0 Å². The van der Waals surface area contributed by atoms with Crippen molar-refractivity contribution in [1.82, 2.24) is 0 Å². The predicted molar refractivity (Wildman–Crippen MR) is 34.7 cm³/mol. The molecule has 0 aromatic rings. The zero-order valence-corrected chi connectivity index (χ0v) is 4.66. The molecule has 0 aliphatic carbocycles. The fourth-order valence-electron chi connectivity index (χ4n) is 0.134. The SMILES string of the molecule is C=N/N=C(/C)N=C.F. The van der Waals surface area contributed by atoms with Crippen molar-refractivity contribution in [2.75, 3.05) is 0 Å². The number of nitrogens with zero attached hydrogens (tertiary/aromatic N) is 3. The standard InChI is InChI=1S/C4H7N3.FH/c1-4(5-2)7-6-3;/h2-3H2,1H3;1H/b7-4-;. The van der Waals surface area contributed by atoms with Gasteiger partial charge in [-0.1, -0.05) is 0 Å². The van der Waals surface area contributed by atoms with E-state index in [0.717, 1.165) is 0 Å². The normalized spacial score (nSPS) is 9.38. The van der Waals surface area contributed by atoms with Gasteiger partial charge >= 0.3 is 0 Å². The lowest BCUT2D eigenvalue weighted by Crippen LogP contribution is -1.78. The van der Waals surface area contributed by atoms with Crippen LogP contribution in [0.2, 0.25) is 0 Å². The van der Waals surface area contributed by atoms with Crippen LogP contribution in [-0.4, -0.2) is 19.3 Å². The van der Waals surface area contributed by atoms with Crippen LogP contribution in [-0.2, 0) is 0 Å². The molecule has 0 aromatic carbocycles. The minimum Gasteiger partial charge on any atom is -0.269 e. The summed E-state index contributed by atoms with van der Waals surface area (Å²) in [7, 11) is 0. The van der Waals surface area contributed by atoms with Crippen LogP contribution in [0, 0.1) is 0 Å². The van der Waals surface area contributed by atoms with Crippen molar-refractivity contribution in [3.8, 4) is 0 Å². The molecule has 0 aliphatic heterocycles. The molecule has 0 spiro atoms. The van der Waals surface area contributed by atoms with E-state index < -0.39 is 0 Å². The summed E-state index contributed by atoms with van der Waals surface area (Å²) in [6.45, 7) is 8.03. The van der Waals surface area contributed by atoms with Gasteiger partial charge in [-0.25, -0.2) is 4.99 Å². The maximum Gasteiger partial charge on any atom is 0.146 e. The number of halogens is 1. The highest BCUT2D eigenvalue weighted by Crippen LogP contribution is 1.74. The molecule has 0 saturated carbocycles. The van der Waals surface area contributed by atoms with Crippen LogP contribution in [0.25, 0.3) is 0 Å². The van der Waals surface area contributed by atoms with Crippen LogP contribution in [0.15, 0.2) is 15.2 Å². The van der Waals surface area contributed by atoms with E-state index in [2.05, 4.69) is 28.6 Å². The molecule has 0 aliphatic rings. The molecule has 0 heterocycles. The smallest absolute Gasteiger partial charge is 0.146 e. The van der Waals surface area contributed by atoms with Gasteiger partial charge in [-0.15, -0.1) is 5.10 Å². The summed E-state index contributed by atoms with van der Waals surface area (Å²) >= 11 is 0. The fraction of sp³-hybridized carbons (Fsp3) is 0.250. The molecule has 0 radical (unpaired) electrons. The zero-order chi connectivity index (χ0) is 5.70. The molecule has 8 heavy (non-hydrogen) atoms. The van der Waals surface area contributed by atoms with Crippen molar-refractivity contribution < 1.29 is 4.70 Å². The summed E-state index contributed by atoms with van der Waals surface area (Å²) in [4.78, 5) is 3.44. The Kier molecular flexibility index (Phi) is 7.45. The van der Waals surface area contributed by atoms with E-state index in [4.69, 9.17) is 0 Å². The second-order valence-corrected chi connectivity index (χ2v) is 0.947. The molecule has 3 nitrogen and oxygen atoms in total. The molecule has 0 fully saturated rings. The summed E-state index contributed by atoms with van der Waals surface area (Å²) in [6.07, 6.45) is 0. The third-order valence-electron chi connectivity index (χ3n) is 0.444. The Morgan fingerprint density at radius 3 is 2.00 bits per heavy atom. The minimum absolute atomic E-state index is 0. The minimum atomic E-state index is 0. The molecule has 0 N–H and O–H groups in total. The van der Waals surface area contributed by atoms with Crippen LogP contribution < -0.4 is 0 Å². The van der Waals surface area contributed by atoms with Crippen LogP contribution in [0.1, 0.15) is 6.92 Å². The van der Waals surface area contributed by atoms with Crippen LogP contribution in [0.4, 0.5) is 4.70 Å². The average Bonchev–Trinajstić information content (AvgIpc) is 1.68. The molecular weight excluding hydrogens is 109 g/mol. The average molecular weight is 117 g/mol. The van der Waals surface area contributed by atoms with Crippen molar-refractivity contribution in [3.05, 3.63) is 0 Å². The topological polar surface area (TPSA) is 37.1 Å². The second kappa shape index (κ2) is 5.94. The number of amidine groups is 1. The first-order valence-electron chi connectivity index (χ1n) is 1.78. The van der Waals surface area contributed by atoms with Crippen LogP contribution in [0.3, 0.4) is 0 Å². The highest BCUT2D eigenvalue weighted by atomic mass is 19.0. The highest BCUT2D eigenvalue weighted by molar-refractivity contribution is 5.83. The summed E-state index contributed by atoms with van der Waals surface area (Å²) < 4.78 is 0. The highest BCUT2D eigenvalue weighted by Gasteiger charge is 1.73. The molecule has 0 saturated heterocycles. The van der Waals surface area contributed by atoms with Gasteiger partial charge < -0.3 is 0 Å². The van der Waals surface area contributed by atoms with Crippen LogP contribution >= 0.6 is 0 Å². The quantitative estimate of drug-likeness (QED) is 0.277. The van der Waals surface area contributed by atoms with E-state index >= 15 is 0 Å². The van der Waals surface area contributed by atoms with Crippen molar-refractivity contribution in [1.29, 1.82) is 0 Å². The van der Waals surface area contributed by atoms with Gasteiger partial charge in [0.15, 0.2) is 0 Å². The molecule has 0 bridgehead atoms. The molecular formula is C4H8FN3. The van der Waals surface area contributed by atoms with Gasteiger partial charge in [-0.05, 0) is 13.6 Å². The monoisotopic (exact) mass is 117 g/mol. The second-order valence-electron chi connectivity index (χ2n) is 0.947. The van der Waals surface area contributed by atoms with Crippen LogP contribution in [0.5, 0.6) is 0 Å². The van der Waals surface area contributed by atoms with Crippen molar-refractivity contribution in [2.45, 2.75) is 6.92 Å². The zero-order valence-electron chi connectivity index (χ0n) is 4.66. The number of aliphatic imine (C=N–C) groups is 1. The third-order valence-corrected chi connectivity index (χ3v) is 0.444. The lowest BCUT2D eigenvalue weighted by atomic mass is 10.7. The van der Waals surface area contributed by atoms with Gasteiger partial charge in [-0.3, -0.25) is 4.70 Å². The maximum atomic E-state index is 3.44. The van der Waals surface area contributed by atoms with E-state index in [1.165, 1.54) is 0 Å². The Labute approximate surface area is 47.2 Å². The number of hydrogen-bond donors (Lipinski definition) is 0. The van der Waals surface area contributed by atoms with Crippen molar-refractivity contribution in [3.63, 3.8) is 0 Å². The number of hydrogen-bond acceptors (Lipinski definition) is 2. The van der Waals surface area contributed by atoms with Gasteiger partial charge in [0.05, 0.1) is 0 Å². The Bertz CT molecular complexity index is 108. The van der Waals surface area contributed by atoms with E-state index in [0.29, 0.717) is 5.84 Å². The molecule has 0 aromatic heterocycles. The third kappa shape index (κ3) is 4.94. The van der Waals surface area contributed by atoms with Gasteiger partial charge in [0.1, 0.15) is 5.84 Å². The lowest BCUT2D eigenvalue weighted by Gasteiger charge is -1.78. The first-order valence-corrected chi connectivity index (χ1v) is 1.78. The molecule has 4 heteroatoms.